The van der Waals surface area contributed by atoms with E-state index in [-0.39, 0.29) is 0 Å². The number of amides is 1. The molecular formula is C20H37N3O. The van der Waals surface area contributed by atoms with Crippen molar-refractivity contribution in [2.75, 3.05) is 53.4 Å². The van der Waals surface area contributed by atoms with Crippen LogP contribution < -0.4 is 0 Å². The van der Waals surface area contributed by atoms with E-state index in [0.717, 1.165) is 32.5 Å². The summed E-state index contributed by atoms with van der Waals surface area (Å²) in [5, 5.41) is 0. The number of carbonyl (C=O) groups is 1. The van der Waals surface area contributed by atoms with Crippen LogP contribution in [0.3, 0.4) is 0 Å². The number of rotatable bonds is 4. The zero-order chi connectivity index (χ0) is 17.0. The highest BCUT2D eigenvalue weighted by Gasteiger charge is 2.40. The van der Waals surface area contributed by atoms with E-state index in [1.165, 1.54) is 64.6 Å². The molecule has 1 aliphatic carbocycles. The van der Waals surface area contributed by atoms with Gasteiger partial charge in [0.25, 0.3) is 0 Å². The highest BCUT2D eigenvalue weighted by Crippen LogP contribution is 2.40. The molecule has 3 aliphatic rings. The first-order valence-corrected chi connectivity index (χ1v) is 10.2. The van der Waals surface area contributed by atoms with Crippen molar-refractivity contribution in [1.29, 1.82) is 0 Å². The molecule has 2 saturated heterocycles. The summed E-state index contributed by atoms with van der Waals surface area (Å²) in [5.74, 6) is 0.831. The van der Waals surface area contributed by atoms with Gasteiger partial charge in [0.2, 0.25) is 5.91 Å². The molecule has 4 heteroatoms. The molecule has 0 atom stereocenters. The Balaban J connectivity index is 1.51. The Morgan fingerprint density at radius 1 is 1.00 bits per heavy atom. The lowest BCUT2D eigenvalue weighted by molar-refractivity contribution is -0.141. The lowest BCUT2D eigenvalue weighted by atomic mass is 9.72. The van der Waals surface area contributed by atoms with Crippen LogP contribution in [0.5, 0.6) is 0 Å². The van der Waals surface area contributed by atoms with Gasteiger partial charge < -0.3 is 14.7 Å². The summed E-state index contributed by atoms with van der Waals surface area (Å²) in [5.41, 5.74) is 0.428. The lowest BCUT2D eigenvalue weighted by Crippen LogP contribution is -2.52. The van der Waals surface area contributed by atoms with Gasteiger partial charge in [0.1, 0.15) is 0 Å². The van der Waals surface area contributed by atoms with Gasteiger partial charge in [-0.25, -0.2) is 0 Å². The average molecular weight is 336 g/mol. The van der Waals surface area contributed by atoms with E-state index < -0.39 is 0 Å². The summed E-state index contributed by atoms with van der Waals surface area (Å²) < 4.78 is 0. The summed E-state index contributed by atoms with van der Waals surface area (Å²) >= 11 is 0. The monoisotopic (exact) mass is 335 g/mol. The van der Waals surface area contributed by atoms with Crippen molar-refractivity contribution in [3.05, 3.63) is 0 Å². The highest BCUT2D eigenvalue weighted by molar-refractivity contribution is 5.79. The third-order valence-electron chi connectivity index (χ3n) is 6.71. The van der Waals surface area contributed by atoms with Gasteiger partial charge >= 0.3 is 0 Å². The van der Waals surface area contributed by atoms with E-state index in [0.29, 0.717) is 17.2 Å². The van der Waals surface area contributed by atoms with E-state index in [1.54, 1.807) is 0 Å². The van der Waals surface area contributed by atoms with Crippen molar-refractivity contribution in [3.63, 3.8) is 0 Å². The van der Waals surface area contributed by atoms with Crippen LogP contribution in [0.15, 0.2) is 0 Å². The largest absolute Gasteiger partial charge is 0.342 e. The summed E-state index contributed by atoms with van der Waals surface area (Å²) in [6, 6.07) is 0. The molecule has 3 rings (SSSR count). The molecule has 0 aromatic carbocycles. The molecule has 0 unspecified atom stereocenters. The molecule has 4 nitrogen and oxygen atoms in total. The van der Waals surface area contributed by atoms with E-state index in [1.807, 2.05) is 0 Å². The zero-order valence-corrected chi connectivity index (χ0v) is 15.9. The second-order valence-electron chi connectivity index (χ2n) is 8.84. The third-order valence-corrected chi connectivity index (χ3v) is 6.71. The maximum absolute atomic E-state index is 12.9. The average Bonchev–Trinajstić information content (AvgIpc) is 2.61. The van der Waals surface area contributed by atoms with Gasteiger partial charge in [-0.2, -0.15) is 0 Å². The van der Waals surface area contributed by atoms with Gasteiger partial charge in [0.05, 0.1) is 0 Å². The summed E-state index contributed by atoms with van der Waals surface area (Å²) in [6.07, 6.45) is 11.3. The molecule has 138 valence electrons. The van der Waals surface area contributed by atoms with Crippen molar-refractivity contribution < 1.29 is 4.79 Å². The zero-order valence-electron chi connectivity index (χ0n) is 15.9. The molecule has 2 heterocycles. The molecule has 0 bridgehead atoms. The Bertz CT molecular complexity index is 409. The van der Waals surface area contributed by atoms with Crippen LogP contribution in [0.25, 0.3) is 0 Å². The SMILES string of the molecule is CN(C)CCN1CCC2(CCCN(C(=O)C3CCCCC3)C2)CC1. The molecule has 0 radical (unpaired) electrons. The number of likely N-dealkylation sites (tertiary alicyclic amines) is 2. The number of piperidine rings is 2. The number of hydrogen-bond donors (Lipinski definition) is 0. The fourth-order valence-electron chi connectivity index (χ4n) is 5.00. The van der Waals surface area contributed by atoms with Crippen LogP contribution in [-0.4, -0.2) is 74.0 Å². The predicted octanol–water partition coefficient (Wildman–Crippen LogP) is 2.83. The van der Waals surface area contributed by atoms with Crippen LogP contribution in [0.1, 0.15) is 57.8 Å². The van der Waals surface area contributed by atoms with E-state index in [9.17, 15) is 4.79 Å². The molecule has 1 amide bonds. The van der Waals surface area contributed by atoms with E-state index in [2.05, 4.69) is 28.8 Å². The maximum Gasteiger partial charge on any atom is 0.225 e. The molecule has 1 saturated carbocycles. The minimum atomic E-state index is 0.342. The van der Waals surface area contributed by atoms with E-state index >= 15 is 0 Å². The minimum Gasteiger partial charge on any atom is -0.342 e. The standard InChI is InChI=1S/C20H37N3O/c1-21(2)15-16-22-13-10-20(11-14-22)9-6-12-23(17-20)19(24)18-7-4-3-5-8-18/h18H,3-17H2,1-2H3. The summed E-state index contributed by atoms with van der Waals surface area (Å²) in [4.78, 5) is 20.1. The van der Waals surface area contributed by atoms with Crippen LogP contribution in [0, 0.1) is 11.3 Å². The van der Waals surface area contributed by atoms with Gasteiger partial charge in [-0.3, -0.25) is 4.79 Å². The number of hydrogen-bond acceptors (Lipinski definition) is 3. The van der Waals surface area contributed by atoms with Gasteiger partial charge in [-0.15, -0.1) is 0 Å². The topological polar surface area (TPSA) is 26.8 Å². The molecule has 2 aliphatic heterocycles. The van der Waals surface area contributed by atoms with Gasteiger partial charge in [-0.1, -0.05) is 19.3 Å². The second kappa shape index (κ2) is 8.18. The highest BCUT2D eigenvalue weighted by atomic mass is 16.2. The van der Waals surface area contributed by atoms with Crippen molar-refractivity contribution in [2.24, 2.45) is 11.3 Å². The van der Waals surface area contributed by atoms with Crippen molar-refractivity contribution >= 4 is 5.91 Å². The Kier molecular flexibility index (Phi) is 6.20. The van der Waals surface area contributed by atoms with Gasteiger partial charge in [0, 0.05) is 32.1 Å². The number of likely N-dealkylation sites (N-methyl/N-ethyl adjacent to an activating group) is 1. The molecule has 1 spiro atoms. The Hall–Kier alpha value is -0.610. The molecule has 3 fully saturated rings. The summed E-state index contributed by atoms with van der Waals surface area (Å²) in [7, 11) is 4.31. The fraction of sp³-hybridized carbons (Fsp3) is 0.950. The van der Waals surface area contributed by atoms with Crippen LogP contribution >= 0.6 is 0 Å². The van der Waals surface area contributed by atoms with Crippen molar-refractivity contribution in [1.82, 2.24) is 14.7 Å². The first-order chi connectivity index (χ1) is 11.6. The van der Waals surface area contributed by atoms with Crippen LogP contribution in [0.4, 0.5) is 0 Å². The maximum atomic E-state index is 12.9. The quantitative estimate of drug-likeness (QED) is 0.790. The fourth-order valence-corrected chi connectivity index (χ4v) is 5.00. The van der Waals surface area contributed by atoms with Gasteiger partial charge in [0.15, 0.2) is 0 Å². The predicted molar refractivity (Wildman–Crippen MR) is 99.1 cm³/mol. The first kappa shape index (κ1) is 18.2. The number of nitrogens with zero attached hydrogens (tertiary/aromatic N) is 3. The van der Waals surface area contributed by atoms with Crippen LogP contribution in [-0.2, 0) is 4.79 Å². The van der Waals surface area contributed by atoms with E-state index in [4.69, 9.17) is 0 Å². The smallest absolute Gasteiger partial charge is 0.225 e. The molecular weight excluding hydrogens is 298 g/mol. The van der Waals surface area contributed by atoms with Crippen molar-refractivity contribution in [3.8, 4) is 0 Å². The Morgan fingerprint density at radius 3 is 2.38 bits per heavy atom. The molecule has 0 aromatic rings. The molecule has 0 aromatic heterocycles. The lowest BCUT2D eigenvalue weighted by Gasteiger charge is -2.48. The minimum absolute atomic E-state index is 0.342. The number of carbonyl (C=O) groups excluding carboxylic acids is 1. The molecule has 24 heavy (non-hydrogen) atoms. The first-order valence-electron chi connectivity index (χ1n) is 10.2. The van der Waals surface area contributed by atoms with Crippen LogP contribution in [0.2, 0.25) is 0 Å². The normalized spacial score (nSPS) is 26.2. The Labute approximate surface area is 148 Å². The third kappa shape index (κ3) is 4.51. The Morgan fingerprint density at radius 2 is 1.71 bits per heavy atom. The molecule has 0 N–H and O–H groups in total. The summed E-state index contributed by atoms with van der Waals surface area (Å²) in [6.45, 7) is 6.84. The second-order valence-corrected chi connectivity index (χ2v) is 8.84. The van der Waals surface area contributed by atoms with Gasteiger partial charge in [-0.05, 0) is 71.1 Å². The van der Waals surface area contributed by atoms with Crippen molar-refractivity contribution in [2.45, 2.75) is 57.8 Å².